The highest BCUT2D eigenvalue weighted by Gasteiger charge is 2.72. The van der Waals surface area contributed by atoms with Crippen molar-refractivity contribution in [1.29, 1.82) is 0 Å². The molecule has 0 bridgehead atoms. The molecule has 28 heavy (non-hydrogen) atoms. The van der Waals surface area contributed by atoms with E-state index in [1.54, 1.807) is 0 Å². The summed E-state index contributed by atoms with van der Waals surface area (Å²) in [5.74, 6) is -1.68. The fraction of sp³-hybridized carbons (Fsp3) is 0.474. The minimum atomic E-state index is -5.72. The highest BCUT2D eigenvalue weighted by Crippen LogP contribution is 2.56. The van der Waals surface area contributed by atoms with Crippen molar-refractivity contribution >= 4 is 11.8 Å². The largest absolute Gasteiger partial charge is 0.410 e. The number of rotatable bonds is 2. The molecule has 0 aliphatic carbocycles. The van der Waals surface area contributed by atoms with E-state index in [-0.39, 0.29) is 5.56 Å². The van der Waals surface area contributed by atoms with E-state index in [0.717, 1.165) is 30.9 Å². The zero-order chi connectivity index (χ0) is 21.9. The van der Waals surface area contributed by atoms with Crippen LogP contribution in [0.25, 0.3) is 0 Å². The van der Waals surface area contributed by atoms with Gasteiger partial charge < -0.3 is 0 Å². The van der Waals surface area contributed by atoms with Gasteiger partial charge in [-0.3, -0.25) is 14.5 Å². The van der Waals surface area contributed by atoms with E-state index in [2.05, 4.69) is 0 Å². The van der Waals surface area contributed by atoms with Gasteiger partial charge in [0.25, 0.3) is 11.8 Å². The van der Waals surface area contributed by atoms with Crippen LogP contribution in [0, 0.1) is 0 Å². The van der Waals surface area contributed by atoms with E-state index >= 15 is 0 Å². The van der Waals surface area contributed by atoms with Crippen molar-refractivity contribution in [2.24, 2.45) is 0 Å². The standard InChI is InChI=1S/C19H19F6NO2/c1-6-10(2)17(18(20,21)22,19(23,24)25)11-7-8-12-13(9-11)15(28)26(14(12)27)16(3,4)5/h6-9H,1-5H3. The highest BCUT2D eigenvalue weighted by atomic mass is 19.4. The predicted molar refractivity (Wildman–Crippen MR) is 89.9 cm³/mol. The van der Waals surface area contributed by atoms with Crippen LogP contribution in [0.2, 0.25) is 0 Å². The summed E-state index contributed by atoms with van der Waals surface area (Å²) in [5.41, 5.74) is -8.10. The second kappa shape index (κ2) is 6.35. The molecule has 2 rings (SSSR count). The number of nitrogens with zero attached hydrogens (tertiary/aromatic N) is 1. The summed E-state index contributed by atoms with van der Waals surface area (Å²) in [6.07, 6.45) is -10.7. The summed E-state index contributed by atoms with van der Waals surface area (Å²) < 4.78 is 83.2. The molecular weight excluding hydrogens is 388 g/mol. The Bertz CT molecular complexity index is 845. The number of carbonyl (C=O) groups is 2. The molecule has 0 unspecified atom stereocenters. The normalized spacial score (nSPS) is 16.7. The smallest absolute Gasteiger partial charge is 0.269 e. The third-order valence-electron chi connectivity index (χ3n) is 4.87. The lowest BCUT2D eigenvalue weighted by atomic mass is 9.72. The molecule has 0 spiro atoms. The minimum Gasteiger partial charge on any atom is -0.269 e. The fourth-order valence-corrected chi connectivity index (χ4v) is 3.46. The van der Waals surface area contributed by atoms with E-state index in [0.29, 0.717) is 12.1 Å². The maximum absolute atomic E-state index is 13.9. The molecule has 1 aliphatic heterocycles. The number of amides is 2. The first-order chi connectivity index (χ1) is 12.5. The number of halogens is 6. The topological polar surface area (TPSA) is 37.4 Å². The molecule has 0 N–H and O–H groups in total. The first-order valence-corrected chi connectivity index (χ1v) is 8.32. The molecule has 3 nitrogen and oxygen atoms in total. The third-order valence-corrected chi connectivity index (χ3v) is 4.87. The number of hydrogen-bond acceptors (Lipinski definition) is 2. The molecule has 9 heteroatoms. The SMILES string of the molecule is CC=C(C)C(c1ccc2c(c1)C(=O)N(C(C)(C)C)C2=O)(C(F)(F)F)C(F)(F)F. The maximum atomic E-state index is 13.9. The number of fused-ring (bicyclic) bond motifs is 1. The lowest BCUT2D eigenvalue weighted by Gasteiger charge is -2.39. The summed E-state index contributed by atoms with van der Waals surface area (Å²) in [6.45, 7) is 6.42. The summed E-state index contributed by atoms with van der Waals surface area (Å²) in [7, 11) is 0. The van der Waals surface area contributed by atoms with Crippen LogP contribution in [0.4, 0.5) is 26.3 Å². The number of imide groups is 1. The summed E-state index contributed by atoms with van der Waals surface area (Å²) in [5, 5.41) is 0. The van der Waals surface area contributed by atoms with Gasteiger partial charge in [-0.05, 0) is 57.9 Å². The summed E-state index contributed by atoms with van der Waals surface area (Å²) in [6, 6.07) is 2.01. The Morgan fingerprint density at radius 2 is 1.36 bits per heavy atom. The second-order valence-corrected chi connectivity index (χ2v) is 7.59. The van der Waals surface area contributed by atoms with Gasteiger partial charge in [0.1, 0.15) is 0 Å². The Hall–Kier alpha value is -2.32. The predicted octanol–water partition coefficient (Wildman–Crippen LogP) is 5.41. The molecule has 1 heterocycles. The maximum Gasteiger partial charge on any atom is 0.410 e. The van der Waals surface area contributed by atoms with Crippen LogP contribution in [0.5, 0.6) is 0 Å². The molecular formula is C19H19F6NO2. The van der Waals surface area contributed by atoms with Gasteiger partial charge in [0, 0.05) is 5.54 Å². The van der Waals surface area contributed by atoms with E-state index in [4.69, 9.17) is 0 Å². The van der Waals surface area contributed by atoms with Crippen LogP contribution >= 0.6 is 0 Å². The molecule has 0 atom stereocenters. The molecule has 0 fully saturated rings. The average molecular weight is 407 g/mol. The molecule has 154 valence electrons. The minimum absolute atomic E-state index is 0.222. The van der Waals surface area contributed by atoms with Crippen LogP contribution in [-0.2, 0) is 5.41 Å². The molecule has 0 radical (unpaired) electrons. The Morgan fingerprint density at radius 3 is 1.75 bits per heavy atom. The third kappa shape index (κ3) is 2.91. The van der Waals surface area contributed by atoms with E-state index in [1.807, 2.05) is 0 Å². The van der Waals surface area contributed by atoms with Crippen molar-refractivity contribution in [3.05, 3.63) is 46.5 Å². The molecule has 1 aromatic carbocycles. The van der Waals surface area contributed by atoms with Gasteiger partial charge in [0.05, 0.1) is 11.1 Å². The zero-order valence-electron chi connectivity index (χ0n) is 15.8. The van der Waals surface area contributed by atoms with Crippen molar-refractivity contribution in [2.75, 3.05) is 0 Å². The number of hydrogen-bond donors (Lipinski definition) is 0. The summed E-state index contributed by atoms with van der Waals surface area (Å²) in [4.78, 5) is 25.9. The van der Waals surface area contributed by atoms with Gasteiger partial charge in [-0.1, -0.05) is 12.1 Å². The number of alkyl halides is 6. The Kier molecular flexibility index (Phi) is 4.98. The van der Waals surface area contributed by atoms with Crippen LogP contribution < -0.4 is 0 Å². The van der Waals surface area contributed by atoms with Crippen LogP contribution in [0.3, 0.4) is 0 Å². The van der Waals surface area contributed by atoms with Crippen LogP contribution in [0.15, 0.2) is 29.8 Å². The van der Waals surface area contributed by atoms with Gasteiger partial charge in [0.15, 0.2) is 0 Å². The van der Waals surface area contributed by atoms with E-state index in [9.17, 15) is 35.9 Å². The van der Waals surface area contributed by atoms with Crippen molar-refractivity contribution < 1.29 is 35.9 Å². The van der Waals surface area contributed by atoms with Gasteiger partial charge in [-0.2, -0.15) is 26.3 Å². The monoisotopic (exact) mass is 407 g/mol. The number of carbonyl (C=O) groups excluding carboxylic acids is 2. The Morgan fingerprint density at radius 1 is 0.893 bits per heavy atom. The van der Waals surface area contributed by atoms with Gasteiger partial charge in [-0.15, -0.1) is 0 Å². The van der Waals surface area contributed by atoms with Crippen molar-refractivity contribution in [3.63, 3.8) is 0 Å². The first kappa shape index (κ1) is 22.0. The summed E-state index contributed by atoms with van der Waals surface area (Å²) >= 11 is 0. The Labute approximate surface area is 158 Å². The molecule has 1 aromatic rings. The van der Waals surface area contributed by atoms with Crippen molar-refractivity contribution in [2.45, 2.75) is 57.9 Å². The van der Waals surface area contributed by atoms with Crippen molar-refractivity contribution in [1.82, 2.24) is 4.90 Å². The van der Waals surface area contributed by atoms with Gasteiger partial charge in [-0.25, -0.2) is 0 Å². The van der Waals surface area contributed by atoms with Crippen molar-refractivity contribution in [3.8, 4) is 0 Å². The van der Waals surface area contributed by atoms with Crippen LogP contribution in [0.1, 0.15) is 60.9 Å². The van der Waals surface area contributed by atoms with Gasteiger partial charge >= 0.3 is 12.4 Å². The number of allylic oxidation sites excluding steroid dienone is 2. The second-order valence-electron chi connectivity index (χ2n) is 7.59. The lowest BCUT2D eigenvalue weighted by molar-refractivity contribution is -0.289. The quantitative estimate of drug-likeness (QED) is 0.374. The molecule has 0 saturated heterocycles. The fourth-order valence-electron chi connectivity index (χ4n) is 3.46. The molecule has 2 amide bonds. The average Bonchev–Trinajstić information content (AvgIpc) is 2.75. The Balaban J connectivity index is 2.84. The first-order valence-electron chi connectivity index (χ1n) is 8.32. The van der Waals surface area contributed by atoms with E-state index in [1.165, 1.54) is 20.8 Å². The molecule has 1 aliphatic rings. The van der Waals surface area contributed by atoms with Gasteiger partial charge in [0.2, 0.25) is 5.41 Å². The zero-order valence-corrected chi connectivity index (χ0v) is 15.8. The number of benzene rings is 1. The molecule has 0 aromatic heterocycles. The highest BCUT2D eigenvalue weighted by molar-refractivity contribution is 6.21. The van der Waals surface area contributed by atoms with Crippen LogP contribution in [-0.4, -0.2) is 34.6 Å². The lowest BCUT2D eigenvalue weighted by Crippen LogP contribution is -2.55. The van der Waals surface area contributed by atoms with E-state index < -0.39 is 51.8 Å². The molecule has 0 saturated carbocycles.